The lowest BCUT2D eigenvalue weighted by molar-refractivity contribution is 0.102. The van der Waals surface area contributed by atoms with E-state index in [1.54, 1.807) is 30.3 Å². The highest BCUT2D eigenvalue weighted by Crippen LogP contribution is 2.17. The Kier molecular flexibility index (Phi) is 5.21. The van der Waals surface area contributed by atoms with Gasteiger partial charge in [-0.1, -0.05) is 19.1 Å². The van der Waals surface area contributed by atoms with Gasteiger partial charge in [-0.3, -0.25) is 4.79 Å². The quantitative estimate of drug-likeness (QED) is 0.915. The van der Waals surface area contributed by atoms with Crippen molar-refractivity contribution in [2.24, 2.45) is 0 Å². The molecule has 7 nitrogen and oxygen atoms in total. The average Bonchev–Trinajstić information content (AvgIpc) is 2.68. The maximum Gasteiger partial charge on any atom is 0.274 e. The SMILES string of the molecule is CCN1CCN(c2cc(C(=O)Nc3ccccc3C#N)ncn2)CC1. The molecule has 1 aromatic carbocycles. The zero-order chi connectivity index (χ0) is 17.6. The van der Waals surface area contributed by atoms with Crippen molar-refractivity contribution < 1.29 is 4.79 Å². The highest BCUT2D eigenvalue weighted by molar-refractivity contribution is 6.03. The van der Waals surface area contributed by atoms with Crippen LogP contribution < -0.4 is 10.2 Å². The Bertz CT molecular complexity index is 792. The third-order valence-corrected chi connectivity index (χ3v) is 4.32. The molecule has 1 saturated heterocycles. The van der Waals surface area contributed by atoms with Crippen LogP contribution in [0.3, 0.4) is 0 Å². The molecule has 1 aromatic heterocycles. The van der Waals surface area contributed by atoms with Crippen LogP contribution in [0.1, 0.15) is 23.0 Å². The maximum atomic E-state index is 12.5. The summed E-state index contributed by atoms with van der Waals surface area (Å²) in [6.45, 7) is 6.92. The smallest absolute Gasteiger partial charge is 0.274 e. The Morgan fingerprint density at radius 2 is 2.00 bits per heavy atom. The predicted molar refractivity (Wildman–Crippen MR) is 95.5 cm³/mol. The van der Waals surface area contributed by atoms with Crippen molar-refractivity contribution in [2.45, 2.75) is 6.92 Å². The van der Waals surface area contributed by atoms with E-state index in [1.807, 2.05) is 0 Å². The highest BCUT2D eigenvalue weighted by atomic mass is 16.1. The van der Waals surface area contributed by atoms with E-state index < -0.39 is 0 Å². The third kappa shape index (κ3) is 3.92. The van der Waals surface area contributed by atoms with Crippen LogP contribution in [0.4, 0.5) is 11.5 Å². The Balaban J connectivity index is 1.73. The van der Waals surface area contributed by atoms with Gasteiger partial charge < -0.3 is 15.1 Å². The Hall–Kier alpha value is -2.98. The van der Waals surface area contributed by atoms with Crippen molar-refractivity contribution in [2.75, 3.05) is 42.9 Å². The number of rotatable bonds is 4. The molecule has 1 N–H and O–H groups in total. The lowest BCUT2D eigenvalue weighted by Gasteiger charge is -2.34. The number of nitrogens with zero attached hydrogens (tertiary/aromatic N) is 5. The summed E-state index contributed by atoms with van der Waals surface area (Å²) in [5.41, 5.74) is 1.18. The first kappa shape index (κ1) is 16.9. The standard InChI is InChI=1S/C18H20N6O/c1-2-23-7-9-24(10-8-23)17-11-16(20-13-21-17)18(25)22-15-6-4-3-5-14(15)12-19/h3-6,11,13H,2,7-10H2,1H3,(H,22,25). The van der Waals surface area contributed by atoms with E-state index in [9.17, 15) is 4.79 Å². The molecule has 0 saturated carbocycles. The topological polar surface area (TPSA) is 85.1 Å². The molecule has 1 amide bonds. The maximum absolute atomic E-state index is 12.5. The molecule has 1 aliphatic rings. The zero-order valence-electron chi connectivity index (χ0n) is 14.1. The van der Waals surface area contributed by atoms with Crippen molar-refractivity contribution >= 4 is 17.4 Å². The fourth-order valence-electron chi connectivity index (χ4n) is 2.81. The number of para-hydroxylation sites is 1. The largest absolute Gasteiger partial charge is 0.354 e. The summed E-state index contributed by atoms with van der Waals surface area (Å²) in [5, 5.41) is 11.9. The van der Waals surface area contributed by atoms with Gasteiger partial charge in [-0.25, -0.2) is 9.97 Å². The van der Waals surface area contributed by atoms with Crippen LogP contribution >= 0.6 is 0 Å². The lowest BCUT2D eigenvalue weighted by Crippen LogP contribution is -2.46. The Labute approximate surface area is 146 Å². The molecule has 2 aromatic rings. The van der Waals surface area contributed by atoms with Gasteiger partial charge in [-0.2, -0.15) is 5.26 Å². The molecular weight excluding hydrogens is 316 g/mol. The summed E-state index contributed by atoms with van der Waals surface area (Å²) in [4.78, 5) is 25.4. The van der Waals surface area contributed by atoms with Gasteiger partial charge in [0.05, 0.1) is 11.3 Å². The zero-order valence-corrected chi connectivity index (χ0v) is 14.1. The number of anilines is 2. The summed E-state index contributed by atoms with van der Waals surface area (Å²) >= 11 is 0. The van der Waals surface area contributed by atoms with Crippen molar-refractivity contribution in [3.05, 3.63) is 47.9 Å². The van der Waals surface area contributed by atoms with Gasteiger partial charge in [0.25, 0.3) is 5.91 Å². The van der Waals surface area contributed by atoms with E-state index >= 15 is 0 Å². The number of benzene rings is 1. The van der Waals surface area contributed by atoms with Crippen LogP contribution in [0.25, 0.3) is 0 Å². The minimum Gasteiger partial charge on any atom is -0.354 e. The van der Waals surface area contributed by atoms with Crippen LogP contribution in [0.5, 0.6) is 0 Å². The Morgan fingerprint density at radius 3 is 2.72 bits per heavy atom. The highest BCUT2D eigenvalue weighted by Gasteiger charge is 2.18. The lowest BCUT2D eigenvalue weighted by atomic mass is 10.2. The van der Waals surface area contributed by atoms with E-state index in [1.165, 1.54) is 6.33 Å². The molecule has 0 radical (unpaired) electrons. The number of hydrogen-bond acceptors (Lipinski definition) is 6. The predicted octanol–water partition coefficient (Wildman–Crippen LogP) is 1.74. The number of amides is 1. The van der Waals surface area contributed by atoms with Gasteiger partial charge in [0.15, 0.2) is 0 Å². The van der Waals surface area contributed by atoms with Crippen LogP contribution in [-0.2, 0) is 0 Å². The van der Waals surface area contributed by atoms with Gasteiger partial charge in [-0.05, 0) is 18.7 Å². The van der Waals surface area contributed by atoms with E-state index in [0.29, 0.717) is 11.3 Å². The number of carbonyl (C=O) groups is 1. The minimum atomic E-state index is -0.349. The van der Waals surface area contributed by atoms with Gasteiger partial charge in [0.1, 0.15) is 23.9 Å². The number of piperazine rings is 1. The average molecular weight is 336 g/mol. The Morgan fingerprint density at radius 1 is 1.24 bits per heavy atom. The molecule has 1 aliphatic heterocycles. The summed E-state index contributed by atoms with van der Waals surface area (Å²) < 4.78 is 0. The molecule has 1 fully saturated rings. The molecule has 2 heterocycles. The minimum absolute atomic E-state index is 0.288. The number of aromatic nitrogens is 2. The number of likely N-dealkylation sites (N-methyl/N-ethyl adjacent to an activating group) is 1. The van der Waals surface area contributed by atoms with Gasteiger partial charge in [0, 0.05) is 32.2 Å². The summed E-state index contributed by atoms with van der Waals surface area (Å²) in [6, 6.07) is 10.7. The summed E-state index contributed by atoms with van der Waals surface area (Å²) in [7, 11) is 0. The molecular formula is C18H20N6O. The fourth-order valence-corrected chi connectivity index (χ4v) is 2.81. The second-order valence-corrected chi connectivity index (χ2v) is 5.79. The van der Waals surface area contributed by atoms with Crippen LogP contribution in [-0.4, -0.2) is 53.5 Å². The molecule has 0 aliphatic carbocycles. The van der Waals surface area contributed by atoms with Crippen molar-refractivity contribution in [3.63, 3.8) is 0 Å². The fraction of sp³-hybridized carbons (Fsp3) is 0.333. The molecule has 3 rings (SSSR count). The summed E-state index contributed by atoms with van der Waals surface area (Å²) in [6.07, 6.45) is 1.41. The van der Waals surface area contributed by atoms with Crippen LogP contribution in [0.2, 0.25) is 0 Å². The molecule has 0 unspecified atom stereocenters. The van der Waals surface area contributed by atoms with Crippen LogP contribution in [0, 0.1) is 11.3 Å². The number of nitriles is 1. The van der Waals surface area contributed by atoms with Crippen LogP contribution in [0.15, 0.2) is 36.7 Å². The first-order valence-electron chi connectivity index (χ1n) is 8.31. The van der Waals surface area contributed by atoms with E-state index in [-0.39, 0.29) is 11.6 Å². The molecule has 0 spiro atoms. The van der Waals surface area contributed by atoms with Gasteiger partial charge in [-0.15, -0.1) is 0 Å². The van der Waals surface area contributed by atoms with Crippen molar-refractivity contribution in [1.29, 1.82) is 5.26 Å². The number of nitrogens with one attached hydrogen (secondary N) is 1. The third-order valence-electron chi connectivity index (χ3n) is 4.32. The van der Waals surface area contributed by atoms with E-state index in [4.69, 9.17) is 5.26 Å². The molecule has 7 heteroatoms. The van der Waals surface area contributed by atoms with Crippen molar-refractivity contribution in [3.8, 4) is 6.07 Å². The first-order chi connectivity index (χ1) is 12.2. The number of hydrogen-bond donors (Lipinski definition) is 1. The van der Waals surface area contributed by atoms with Crippen molar-refractivity contribution in [1.82, 2.24) is 14.9 Å². The molecule has 25 heavy (non-hydrogen) atoms. The van der Waals surface area contributed by atoms with Gasteiger partial charge >= 0.3 is 0 Å². The normalized spacial score (nSPS) is 14.8. The first-order valence-corrected chi connectivity index (χ1v) is 8.31. The second-order valence-electron chi connectivity index (χ2n) is 5.79. The molecule has 0 bridgehead atoms. The summed E-state index contributed by atoms with van der Waals surface area (Å²) in [5.74, 6) is 0.406. The van der Waals surface area contributed by atoms with Gasteiger partial charge in [0.2, 0.25) is 0 Å². The van der Waals surface area contributed by atoms with E-state index in [2.05, 4.69) is 38.1 Å². The number of carbonyl (C=O) groups excluding carboxylic acids is 1. The molecule has 0 atom stereocenters. The second kappa shape index (κ2) is 7.73. The van der Waals surface area contributed by atoms with E-state index in [0.717, 1.165) is 38.5 Å². The monoisotopic (exact) mass is 336 g/mol. The molecule has 128 valence electrons.